The number of likely N-dealkylation sites (tertiary alicyclic amines) is 1. The molecule has 0 bridgehead atoms. The van der Waals surface area contributed by atoms with Crippen molar-refractivity contribution < 1.29 is 19.5 Å². The van der Waals surface area contributed by atoms with Crippen LogP contribution in [0.15, 0.2) is 0 Å². The molecule has 23 heavy (non-hydrogen) atoms. The summed E-state index contributed by atoms with van der Waals surface area (Å²) in [5, 5.41) is 8.95. The molecule has 1 aliphatic rings. The molecule has 132 valence electrons. The molecule has 0 aromatic heterocycles. The van der Waals surface area contributed by atoms with Gasteiger partial charge in [-0.25, -0.2) is 0 Å². The first kappa shape index (κ1) is 19.8. The number of hydrogen-bond acceptors (Lipinski definition) is 4. The first-order valence-electron chi connectivity index (χ1n) is 8.21. The lowest BCUT2D eigenvalue weighted by Crippen LogP contribution is -2.43. The fourth-order valence-corrected chi connectivity index (χ4v) is 3.46. The first-order chi connectivity index (χ1) is 11.0. The number of amides is 2. The molecule has 1 N–H and O–H groups in total. The van der Waals surface area contributed by atoms with Gasteiger partial charge in [0.25, 0.3) is 0 Å². The Kier molecular flexibility index (Phi) is 9.06. The molecule has 0 saturated carbocycles. The van der Waals surface area contributed by atoms with Gasteiger partial charge < -0.3 is 14.9 Å². The van der Waals surface area contributed by atoms with Crippen LogP contribution < -0.4 is 0 Å². The van der Waals surface area contributed by atoms with E-state index >= 15 is 0 Å². The Labute approximate surface area is 142 Å². The van der Waals surface area contributed by atoms with Gasteiger partial charge in [-0.3, -0.25) is 14.4 Å². The molecule has 0 aromatic carbocycles. The highest BCUT2D eigenvalue weighted by molar-refractivity contribution is 7.98. The zero-order chi connectivity index (χ0) is 17.2. The number of unbranched alkanes of at least 4 members (excludes halogenated alkanes) is 1. The maximum atomic E-state index is 12.2. The average Bonchev–Trinajstić information content (AvgIpc) is 2.74. The summed E-state index contributed by atoms with van der Waals surface area (Å²) in [7, 11) is 0. The van der Waals surface area contributed by atoms with E-state index in [4.69, 9.17) is 5.11 Å². The topological polar surface area (TPSA) is 77.9 Å². The maximum Gasteiger partial charge on any atom is 0.323 e. The zero-order valence-corrected chi connectivity index (χ0v) is 14.9. The fourth-order valence-electron chi connectivity index (χ4n) is 2.96. The van der Waals surface area contributed by atoms with Gasteiger partial charge in [0.15, 0.2) is 0 Å². The molecule has 1 fully saturated rings. The van der Waals surface area contributed by atoms with Gasteiger partial charge in [0.1, 0.15) is 6.54 Å². The monoisotopic (exact) mass is 344 g/mol. The second kappa shape index (κ2) is 10.5. The standard InChI is InChI=1S/C16H28N2O4S/c1-13(19)18(12-16(21)22)14-6-5-9-17(10-8-14)15(20)7-3-4-11-23-2/h14H,3-12H2,1-2H3,(H,21,22). The van der Waals surface area contributed by atoms with Crippen LogP contribution in [-0.2, 0) is 14.4 Å². The Morgan fingerprint density at radius 3 is 2.57 bits per heavy atom. The summed E-state index contributed by atoms with van der Waals surface area (Å²) in [4.78, 5) is 38.2. The van der Waals surface area contributed by atoms with Crippen molar-refractivity contribution in [2.45, 2.75) is 51.5 Å². The summed E-state index contributed by atoms with van der Waals surface area (Å²) in [6.07, 6.45) is 6.83. The van der Waals surface area contributed by atoms with Crippen LogP contribution in [0.5, 0.6) is 0 Å². The van der Waals surface area contributed by atoms with Gasteiger partial charge >= 0.3 is 5.97 Å². The molecule has 0 radical (unpaired) electrons. The number of nitrogens with zero attached hydrogens (tertiary/aromatic N) is 2. The van der Waals surface area contributed by atoms with Crippen LogP contribution in [0.1, 0.15) is 45.4 Å². The molecule has 1 heterocycles. The van der Waals surface area contributed by atoms with Gasteiger partial charge in [0, 0.05) is 32.5 Å². The highest BCUT2D eigenvalue weighted by Gasteiger charge is 2.27. The molecular formula is C16H28N2O4S. The second-order valence-corrected chi connectivity index (χ2v) is 6.94. The van der Waals surface area contributed by atoms with Crippen LogP contribution in [0.2, 0.25) is 0 Å². The highest BCUT2D eigenvalue weighted by atomic mass is 32.2. The predicted octanol–water partition coefficient (Wildman–Crippen LogP) is 1.83. The van der Waals surface area contributed by atoms with Gasteiger partial charge in [-0.2, -0.15) is 11.8 Å². The lowest BCUT2D eigenvalue weighted by Gasteiger charge is -2.28. The van der Waals surface area contributed by atoms with Gasteiger partial charge in [-0.05, 0) is 44.1 Å². The van der Waals surface area contributed by atoms with Crippen molar-refractivity contribution in [3.05, 3.63) is 0 Å². The Balaban J connectivity index is 2.49. The largest absolute Gasteiger partial charge is 0.480 e. The molecule has 2 amide bonds. The van der Waals surface area contributed by atoms with E-state index in [1.807, 2.05) is 4.90 Å². The van der Waals surface area contributed by atoms with Crippen LogP contribution in [0.25, 0.3) is 0 Å². The van der Waals surface area contributed by atoms with Crippen LogP contribution in [-0.4, -0.2) is 70.4 Å². The maximum absolute atomic E-state index is 12.2. The van der Waals surface area contributed by atoms with Crippen molar-refractivity contribution in [2.24, 2.45) is 0 Å². The average molecular weight is 344 g/mol. The number of carboxylic acids is 1. The molecule has 7 heteroatoms. The third kappa shape index (κ3) is 7.24. The third-order valence-corrected chi connectivity index (χ3v) is 4.89. The van der Waals surface area contributed by atoms with E-state index in [2.05, 4.69) is 6.26 Å². The molecular weight excluding hydrogens is 316 g/mol. The Morgan fingerprint density at radius 2 is 1.96 bits per heavy atom. The molecule has 1 unspecified atom stereocenters. The zero-order valence-electron chi connectivity index (χ0n) is 14.1. The summed E-state index contributed by atoms with van der Waals surface area (Å²) in [5.74, 6) is 0.0535. The summed E-state index contributed by atoms with van der Waals surface area (Å²) in [6.45, 7) is 2.46. The van der Waals surface area contributed by atoms with Gasteiger partial charge in [-0.1, -0.05) is 0 Å². The second-order valence-electron chi connectivity index (χ2n) is 5.96. The first-order valence-corrected chi connectivity index (χ1v) is 9.60. The number of carbonyl (C=O) groups excluding carboxylic acids is 2. The lowest BCUT2D eigenvalue weighted by molar-refractivity contribution is -0.145. The number of hydrogen-bond donors (Lipinski definition) is 1. The summed E-state index contributed by atoms with van der Waals surface area (Å²) < 4.78 is 0. The van der Waals surface area contributed by atoms with E-state index in [1.165, 1.54) is 11.8 Å². The number of carboxylic acid groups (broad SMARTS) is 1. The van der Waals surface area contributed by atoms with Crippen molar-refractivity contribution in [1.29, 1.82) is 0 Å². The normalized spacial score (nSPS) is 18.3. The van der Waals surface area contributed by atoms with Crippen LogP contribution >= 0.6 is 11.8 Å². The SMILES string of the molecule is CSCCCCC(=O)N1CCCC(N(CC(=O)O)C(C)=O)CC1. The van der Waals surface area contributed by atoms with Crippen molar-refractivity contribution in [3.8, 4) is 0 Å². The van der Waals surface area contributed by atoms with Crippen LogP contribution in [0.3, 0.4) is 0 Å². The Morgan fingerprint density at radius 1 is 1.22 bits per heavy atom. The van der Waals surface area contributed by atoms with Crippen LogP contribution in [0.4, 0.5) is 0 Å². The quantitative estimate of drug-likeness (QED) is 0.680. The Hall–Kier alpha value is -1.24. The molecule has 1 aliphatic heterocycles. The Bertz CT molecular complexity index is 417. The smallest absolute Gasteiger partial charge is 0.323 e. The number of carbonyl (C=O) groups is 3. The minimum absolute atomic E-state index is 0.0853. The molecule has 0 spiro atoms. The van der Waals surface area contributed by atoms with Gasteiger partial charge in [0.05, 0.1) is 0 Å². The van der Waals surface area contributed by atoms with E-state index in [9.17, 15) is 14.4 Å². The molecule has 6 nitrogen and oxygen atoms in total. The number of thioether (sulfide) groups is 1. The molecule has 0 aliphatic carbocycles. The summed E-state index contributed by atoms with van der Waals surface area (Å²) >= 11 is 1.79. The summed E-state index contributed by atoms with van der Waals surface area (Å²) in [6, 6.07) is -0.0853. The van der Waals surface area contributed by atoms with Crippen LogP contribution in [0, 0.1) is 0 Å². The van der Waals surface area contributed by atoms with Crippen molar-refractivity contribution in [2.75, 3.05) is 31.6 Å². The summed E-state index contributed by atoms with van der Waals surface area (Å²) in [5.41, 5.74) is 0. The van der Waals surface area contributed by atoms with Crippen molar-refractivity contribution >= 4 is 29.5 Å². The van der Waals surface area contributed by atoms with E-state index in [-0.39, 0.29) is 24.4 Å². The van der Waals surface area contributed by atoms with E-state index in [1.54, 1.807) is 11.8 Å². The minimum atomic E-state index is -0.994. The van der Waals surface area contributed by atoms with E-state index in [0.717, 1.165) is 31.4 Å². The highest BCUT2D eigenvalue weighted by Crippen LogP contribution is 2.18. The molecule has 0 aromatic rings. The minimum Gasteiger partial charge on any atom is -0.480 e. The molecule has 1 atom stereocenters. The number of aliphatic carboxylic acids is 1. The van der Waals surface area contributed by atoms with Gasteiger partial charge in [0.2, 0.25) is 11.8 Å². The predicted molar refractivity (Wildman–Crippen MR) is 91.5 cm³/mol. The third-order valence-electron chi connectivity index (χ3n) is 4.19. The van der Waals surface area contributed by atoms with E-state index in [0.29, 0.717) is 25.9 Å². The van der Waals surface area contributed by atoms with Crippen molar-refractivity contribution in [1.82, 2.24) is 9.80 Å². The van der Waals surface area contributed by atoms with Gasteiger partial charge in [-0.15, -0.1) is 0 Å². The van der Waals surface area contributed by atoms with Crippen molar-refractivity contribution in [3.63, 3.8) is 0 Å². The molecule has 1 saturated heterocycles. The number of rotatable bonds is 8. The fraction of sp³-hybridized carbons (Fsp3) is 0.812. The molecule has 1 rings (SSSR count). The van der Waals surface area contributed by atoms with E-state index < -0.39 is 5.97 Å². The lowest BCUT2D eigenvalue weighted by atomic mass is 10.1.